The molecule has 1 amide bonds. The molecule has 0 aliphatic carbocycles. The van der Waals surface area contributed by atoms with Crippen LogP contribution in [0.1, 0.15) is 29.1 Å². The Kier molecular flexibility index (Phi) is 6.06. The summed E-state index contributed by atoms with van der Waals surface area (Å²) in [6.45, 7) is 5.01. The summed E-state index contributed by atoms with van der Waals surface area (Å²) in [5.41, 5.74) is 3.20. The van der Waals surface area contributed by atoms with Crippen LogP contribution >= 0.6 is 11.3 Å². The minimum Gasteiger partial charge on any atom is -0.326 e. The number of hydrogen-bond acceptors (Lipinski definition) is 6. The van der Waals surface area contributed by atoms with Crippen molar-refractivity contribution >= 4 is 28.6 Å². The minimum absolute atomic E-state index is 0.00290. The van der Waals surface area contributed by atoms with Gasteiger partial charge in [-0.2, -0.15) is 0 Å². The largest absolute Gasteiger partial charge is 0.350 e. The number of carbonyl (C=O) groups excluding carboxylic acids is 1. The van der Waals surface area contributed by atoms with Gasteiger partial charge in [0.25, 0.3) is 0 Å². The maximum Gasteiger partial charge on any atom is 0.350 e. The Morgan fingerprint density at radius 1 is 1.15 bits per heavy atom. The fourth-order valence-electron chi connectivity index (χ4n) is 4.30. The molecular weight excluding hydrogens is 436 g/mol. The monoisotopic (exact) mass is 462 g/mol. The van der Waals surface area contributed by atoms with Crippen LogP contribution in [-0.4, -0.2) is 43.1 Å². The van der Waals surface area contributed by atoms with Crippen molar-refractivity contribution < 1.29 is 4.79 Å². The van der Waals surface area contributed by atoms with Crippen LogP contribution in [0, 0.1) is 12.8 Å². The number of hydrogen-bond donors (Lipinski definition) is 1. The van der Waals surface area contributed by atoms with Crippen molar-refractivity contribution in [3.63, 3.8) is 0 Å². The van der Waals surface area contributed by atoms with Crippen LogP contribution in [0.25, 0.3) is 5.65 Å². The number of rotatable bonds is 6. The lowest BCUT2D eigenvalue weighted by molar-refractivity contribution is -0.121. The second kappa shape index (κ2) is 9.29. The smallest absolute Gasteiger partial charge is 0.326 e. The third-order valence-corrected chi connectivity index (χ3v) is 6.85. The summed E-state index contributed by atoms with van der Waals surface area (Å²) in [6.07, 6.45) is 3.39. The van der Waals surface area contributed by atoms with E-state index < -0.39 is 0 Å². The number of pyridine rings is 1. The summed E-state index contributed by atoms with van der Waals surface area (Å²) >= 11 is 1.68. The highest BCUT2D eigenvalue weighted by atomic mass is 32.1. The van der Waals surface area contributed by atoms with Crippen LogP contribution in [0.4, 0.5) is 5.69 Å². The highest BCUT2D eigenvalue weighted by molar-refractivity contribution is 7.09. The predicted molar refractivity (Wildman–Crippen MR) is 128 cm³/mol. The fourth-order valence-corrected chi connectivity index (χ4v) is 4.90. The Bertz CT molecular complexity index is 1330. The van der Waals surface area contributed by atoms with Gasteiger partial charge in [0.2, 0.25) is 5.91 Å². The number of likely N-dealkylation sites (tertiary alicyclic amines) is 1. The molecule has 5 rings (SSSR count). The lowest BCUT2D eigenvalue weighted by atomic mass is 9.95. The molecule has 9 heteroatoms. The van der Waals surface area contributed by atoms with Gasteiger partial charge in [-0.05, 0) is 62.7 Å². The molecule has 33 heavy (non-hydrogen) atoms. The second-order valence-corrected chi connectivity index (χ2v) is 9.53. The molecule has 8 nitrogen and oxygen atoms in total. The zero-order valence-corrected chi connectivity index (χ0v) is 19.3. The lowest BCUT2D eigenvalue weighted by Gasteiger charge is -2.30. The molecular formula is C24H26N6O2S. The van der Waals surface area contributed by atoms with Crippen LogP contribution in [-0.2, 0) is 17.9 Å². The maximum absolute atomic E-state index is 12.9. The van der Waals surface area contributed by atoms with Gasteiger partial charge in [0.05, 0.1) is 17.2 Å². The van der Waals surface area contributed by atoms with E-state index in [1.54, 1.807) is 29.7 Å². The normalized spacial score (nSPS) is 15.2. The summed E-state index contributed by atoms with van der Waals surface area (Å²) in [4.78, 5) is 32.3. The molecule has 0 bridgehead atoms. The van der Waals surface area contributed by atoms with E-state index in [4.69, 9.17) is 0 Å². The van der Waals surface area contributed by atoms with Gasteiger partial charge < -0.3 is 5.32 Å². The van der Waals surface area contributed by atoms with Gasteiger partial charge in [-0.15, -0.1) is 16.4 Å². The zero-order valence-electron chi connectivity index (χ0n) is 18.5. The van der Waals surface area contributed by atoms with Gasteiger partial charge in [-0.1, -0.05) is 18.2 Å². The van der Waals surface area contributed by atoms with Crippen LogP contribution in [0.3, 0.4) is 0 Å². The SMILES string of the molecule is Cc1nc(CN2CCC(C(=O)Nc3cccc(Cn4nc5ccccn5c4=O)c3)CC2)cs1. The second-order valence-electron chi connectivity index (χ2n) is 8.47. The number of carbonyl (C=O) groups is 1. The summed E-state index contributed by atoms with van der Waals surface area (Å²) in [5, 5.41) is 10.6. The zero-order chi connectivity index (χ0) is 22.8. The van der Waals surface area contributed by atoms with Crippen LogP contribution in [0.15, 0.2) is 58.8 Å². The number of piperidine rings is 1. The van der Waals surface area contributed by atoms with Crippen LogP contribution < -0.4 is 11.0 Å². The van der Waals surface area contributed by atoms with Gasteiger partial charge in [-0.3, -0.25) is 14.1 Å². The first-order chi connectivity index (χ1) is 16.0. The molecule has 170 valence electrons. The molecule has 1 fully saturated rings. The molecule has 0 radical (unpaired) electrons. The van der Waals surface area contributed by atoms with E-state index in [1.807, 2.05) is 37.3 Å². The van der Waals surface area contributed by atoms with Crippen molar-refractivity contribution in [3.8, 4) is 0 Å². The Hall–Kier alpha value is -3.30. The lowest BCUT2D eigenvalue weighted by Crippen LogP contribution is -2.37. The molecule has 0 spiro atoms. The van der Waals surface area contributed by atoms with Gasteiger partial charge in [0, 0.05) is 29.7 Å². The number of benzene rings is 1. The van der Waals surface area contributed by atoms with E-state index in [9.17, 15) is 9.59 Å². The molecule has 1 aliphatic rings. The van der Waals surface area contributed by atoms with E-state index in [0.29, 0.717) is 12.2 Å². The first-order valence-electron chi connectivity index (χ1n) is 11.1. The topological polar surface area (TPSA) is 84.5 Å². The van der Waals surface area contributed by atoms with E-state index in [1.165, 1.54) is 9.08 Å². The molecule has 4 aromatic rings. The molecule has 1 aliphatic heterocycles. The first-order valence-corrected chi connectivity index (χ1v) is 12.0. The standard InChI is InChI=1S/C24H26N6O2S/c1-17-25-21(16-33-17)15-28-11-8-19(9-12-28)23(31)26-20-6-4-5-18(13-20)14-30-24(32)29-10-3-2-7-22(29)27-30/h2-7,10,13,16,19H,8-9,11-12,14-15H2,1H3,(H,26,31). The number of aromatic nitrogens is 4. The number of anilines is 1. The maximum atomic E-state index is 12.9. The minimum atomic E-state index is -0.181. The van der Waals surface area contributed by atoms with Gasteiger partial charge in [0.15, 0.2) is 5.65 Å². The third kappa shape index (κ3) is 4.89. The van der Waals surface area contributed by atoms with Crippen molar-refractivity contribution in [2.45, 2.75) is 32.9 Å². The quantitative estimate of drug-likeness (QED) is 0.476. The molecule has 0 saturated carbocycles. The molecule has 1 aromatic carbocycles. The number of aryl methyl sites for hydroxylation is 1. The van der Waals surface area contributed by atoms with Crippen molar-refractivity contribution in [2.75, 3.05) is 18.4 Å². The summed E-state index contributed by atoms with van der Waals surface area (Å²) in [7, 11) is 0. The Labute approximate surface area is 195 Å². The van der Waals surface area contributed by atoms with Crippen LogP contribution in [0.2, 0.25) is 0 Å². The molecule has 0 unspecified atom stereocenters. The first kappa shape index (κ1) is 21.5. The van der Waals surface area contributed by atoms with Gasteiger partial charge in [0.1, 0.15) is 0 Å². The number of nitrogens with zero attached hydrogens (tertiary/aromatic N) is 5. The third-order valence-electron chi connectivity index (χ3n) is 6.03. The van der Waals surface area contributed by atoms with Gasteiger partial charge in [-0.25, -0.2) is 14.5 Å². The van der Waals surface area contributed by atoms with E-state index in [0.717, 1.165) is 54.4 Å². The van der Waals surface area contributed by atoms with Crippen molar-refractivity contribution in [1.29, 1.82) is 0 Å². The number of fused-ring (bicyclic) bond motifs is 1. The Balaban J connectivity index is 1.18. The number of amides is 1. The van der Waals surface area contributed by atoms with E-state index >= 15 is 0 Å². The number of thiazole rings is 1. The van der Waals surface area contributed by atoms with Gasteiger partial charge >= 0.3 is 5.69 Å². The van der Waals surface area contributed by atoms with E-state index in [2.05, 4.69) is 25.7 Å². The Morgan fingerprint density at radius 2 is 2.00 bits per heavy atom. The molecule has 1 saturated heterocycles. The molecule has 1 N–H and O–H groups in total. The van der Waals surface area contributed by atoms with E-state index in [-0.39, 0.29) is 17.5 Å². The molecule has 3 aromatic heterocycles. The average molecular weight is 463 g/mol. The summed E-state index contributed by atoms with van der Waals surface area (Å²) < 4.78 is 2.96. The highest BCUT2D eigenvalue weighted by Gasteiger charge is 2.25. The fraction of sp³-hybridized carbons (Fsp3) is 0.333. The van der Waals surface area contributed by atoms with Crippen LogP contribution in [0.5, 0.6) is 0 Å². The van der Waals surface area contributed by atoms with Crippen molar-refractivity contribution in [1.82, 2.24) is 24.1 Å². The molecule has 0 atom stereocenters. The number of nitrogens with one attached hydrogen (secondary N) is 1. The summed E-state index contributed by atoms with van der Waals surface area (Å²) in [5.74, 6) is 0.0596. The predicted octanol–water partition coefficient (Wildman–Crippen LogP) is 3.16. The molecule has 4 heterocycles. The Morgan fingerprint density at radius 3 is 2.76 bits per heavy atom. The average Bonchev–Trinajstić information content (AvgIpc) is 3.37. The highest BCUT2D eigenvalue weighted by Crippen LogP contribution is 2.22. The van der Waals surface area contributed by atoms with Crippen molar-refractivity contribution in [2.24, 2.45) is 5.92 Å². The van der Waals surface area contributed by atoms with Crippen molar-refractivity contribution in [3.05, 3.63) is 80.8 Å². The summed E-state index contributed by atoms with van der Waals surface area (Å²) in [6, 6.07) is 13.1.